The van der Waals surface area contributed by atoms with Crippen LogP contribution in [0.3, 0.4) is 0 Å². The van der Waals surface area contributed by atoms with Crippen LogP contribution < -0.4 is 5.32 Å². The number of hydrogen-bond acceptors (Lipinski definition) is 7. The van der Waals surface area contributed by atoms with E-state index in [2.05, 4.69) is 10.3 Å². The van der Waals surface area contributed by atoms with Crippen LogP contribution in [0.15, 0.2) is 41.3 Å². The van der Waals surface area contributed by atoms with Gasteiger partial charge in [-0.3, -0.25) is 9.69 Å². The van der Waals surface area contributed by atoms with Crippen molar-refractivity contribution in [2.24, 2.45) is 5.92 Å². The summed E-state index contributed by atoms with van der Waals surface area (Å²) in [6, 6.07) is 9.88. The zero-order chi connectivity index (χ0) is 26.9. The summed E-state index contributed by atoms with van der Waals surface area (Å²) in [6.07, 6.45) is 0.0632. The fourth-order valence-corrected chi connectivity index (χ4v) is 6.39. The van der Waals surface area contributed by atoms with Gasteiger partial charge in [-0.15, -0.1) is 11.3 Å². The summed E-state index contributed by atoms with van der Waals surface area (Å²) in [6.45, 7) is 6.03. The van der Waals surface area contributed by atoms with Crippen molar-refractivity contribution >= 4 is 32.2 Å². The molecule has 0 aliphatic carbocycles. The van der Waals surface area contributed by atoms with Crippen LogP contribution in [-0.4, -0.2) is 30.0 Å². The van der Waals surface area contributed by atoms with Gasteiger partial charge in [0.1, 0.15) is 11.6 Å². The Bertz CT molecular complexity index is 1460. The highest BCUT2D eigenvalue weighted by atomic mass is 32.2. The number of nitrogens with zero attached hydrogens (tertiary/aromatic N) is 3. The van der Waals surface area contributed by atoms with Gasteiger partial charge in [-0.05, 0) is 35.7 Å². The average Bonchev–Trinajstić information content (AvgIpc) is 3.37. The third kappa shape index (κ3) is 5.71. The lowest BCUT2D eigenvalue weighted by molar-refractivity contribution is -0.115. The van der Waals surface area contributed by atoms with Crippen LogP contribution in [-0.2, 0) is 34.1 Å². The van der Waals surface area contributed by atoms with Crippen molar-refractivity contribution < 1.29 is 22.0 Å². The van der Waals surface area contributed by atoms with Gasteiger partial charge in [0, 0.05) is 23.5 Å². The fourth-order valence-electron chi connectivity index (χ4n) is 4.46. The van der Waals surface area contributed by atoms with E-state index in [0.717, 1.165) is 22.7 Å². The molecule has 4 rings (SSSR count). The summed E-state index contributed by atoms with van der Waals surface area (Å²) >= 11 is 1.33. The van der Waals surface area contributed by atoms with E-state index in [-0.39, 0.29) is 52.6 Å². The number of anilines is 1. The Morgan fingerprint density at radius 3 is 2.46 bits per heavy atom. The van der Waals surface area contributed by atoms with Gasteiger partial charge in [0.2, 0.25) is 5.91 Å². The fraction of sp³-hybridized carbons (Fsp3) is 0.346. The number of carbonyl (C=O) groups excluding carboxylic acids is 1. The molecule has 0 fully saturated rings. The van der Waals surface area contributed by atoms with Crippen LogP contribution in [0.1, 0.15) is 54.1 Å². The Kier molecular flexibility index (Phi) is 7.73. The van der Waals surface area contributed by atoms with E-state index >= 15 is 0 Å². The Hall–Kier alpha value is -3.20. The van der Waals surface area contributed by atoms with Crippen LogP contribution >= 0.6 is 11.3 Å². The van der Waals surface area contributed by atoms with Crippen LogP contribution in [0, 0.1) is 28.9 Å². The minimum absolute atomic E-state index is 0.00764. The lowest BCUT2D eigenvalue weighted by Gasteiger charge is -2.28. The van der Waals surface area contributed by atoms with E-state index in [0.29, 0.717) is 17.2 Å². The van der Waals surface area contributed by atoms with Gasteiger partial charge < -0.3 is 5.32 Å². The molecule has 1 amide bonds. The molecule has 0 saturated carbocycles. The molecule has 1 atom stereocenters. The van der Waals surface area contributed by atoms with Gasteiger partial charge in [-0.2, -0.15) is 5.26 Å². The average molecular weight is 545 g/mol. The first kappa shape index (κ1) is 26.9. The maximum Gasteiger partial charge on any atom is 0.230 e. The molecule has 7 nitrogen and oxygen atoms in total. The summed E-state index contributed by atoms with van der Waals surface area (Å²) in [5, 5.41) is 12.2. The molecule has 0 unspecified atom stereocenters. The summed E-state index contributed by atoms with van der Waals surface area (Å²) < 4.78 is 53.0. The summed E-state index contributed by atoms with van der Waals surface area (Å²) in [5.74, 6) is -1.69. The molecule has 2 aromatic carbocycles. The Morgan fingerprint density at radius 1 is 1.24 bits per heavy atom. The maximum absolute atomic E-state index is 14.5. The molecule has 0 bridgehead atoms. The van der Waals surface area contributed by atoms with E-state index in [9.17, 15) is 22.0 Å². The number of hydrogen-bond donors (Lipinski definition) is 1. The van der Waals surface area contributed by atoms with Gasteiger partial charge >= 0.3 is 0 Å². The number of fused-ring (bicyclic) bond motifs is 1. The predicted octanol–water partition coefficient (Wildman–Crippen LogP) is 4.98. The molecular weight excluding hydrogens is 518 g/mol. The molecule has 2 heterocycles. The molecule has 3 aromatic rings. The van der Waals surface area contributed by atoms with Gasteiger partial charge in [-0.1, -0.05) is 32.9 Å². The topological polar surface area (TPSA) is 103 Å². The molecule has 1 N–H and O–H groups in total. The number of thiazole rings is 1. The van der Waals surface area contributed by atoms with Crippen molar-refractivity contribution in [1.29, 1.82) is 5.26 Å². The number of sulfone groups is 1. The maximum atomic E-state index is 14.5. The number of carbonyl (C=O) groups is 1. The van der Waals surface area contributed by atoms with Crippen molar-refractivity contribution in [2.45, 2.75) is 51.2 Å². The molecular formula is C26H26F2N4O3S2. The summed E-state index contributed by atoms with van der Waals surface area (Å²) in [7, 11) is -3.30. The second-order valence-electron chi connectivity index (χ2n) is 9.22. The molecule has 0 saturated heterocycles. The SMILES string of the molecule is CCS(=O)(=O)c1ccc(CC(=O)Nc2nc3c(s2)CN(Cc2c(F)cc(C#N)cc2F)[C@H]3C(C)C)cc1. The zero-order valence-electron chi connectivity index (χ0n) is 20.6. The standard InChI is InChI=1S/C26H26F2N4O3S2/c1-4-37(34,35)18-7-5-16(6-8-18)11-23(33)30-26-31-24-22(36-26)14-32(25(24)15(2)3)13-19-20(27)9-17(12-29)10-21(19)28/h5-10,15,25H,4,11,13-14H2,1-3H3,(H,30,31,33)/t25-/m0/s1. The molecule has 37 heavy (non-hydrogen) atoms. The first-order valence-electron chi connectivity index (χ1n) is 11.8. The zero-order valence-corrected chi connectivity index (χ0v) is 22.2. The molecule has 1 aliphatic heterocycles. The summed E-state index contributed by atoms with van der Waals surface area (Å²) in [5.41, 5.74) is 1.29. The first-order valence-corrected chi connectivity index (χ1v) is 14.2. The number of aromatic nitrogens is 1. The van der Waals surface area contributed by atoms with Crippen molar-refractivity contribution in [3.05, 3.63) is 75.3 Å². The second-order valence-corrected chi connectivity index (χ2v) is 12.6. The highest BCUT2D eigenvalue weighted by molar-refractivity contribution is 7.91. The normalized spacial score (nSPS) is 15.5. The van der Waals surface area contributed by atoms with Gasteiger partial charge in [0.15, 0.2) is 15.0 Å². The first-order chi connectivity index (χ1) is 17.5. The minimum Gasteiger partial charge on any atom is -0.302 e. The highest BCUT2D eigenvalue weighted by Gasteiger charge is 2.37. The van der Waals surface area contributed by atoms with E-state index < -0.39 is 21.5 Å². The largest absolute Gasteiger partial charge is 0.302 e. The lowest BCUT2D eigenvalue weighted by atomic mass is 10.0. The molecule has 1 aliphatic rings. The molecule has 0 spiro atoms. The van der Waals surface area contributed by atoms with Gasteiger partial charge in [0.25, 0.3) is 0 Å². The number of halogens is 2. The van der Waals surface area contributed by atoms with Crippen LogP contribution in [0.4, 0.5) is 13.9 Å². The van der Waals surface area contributed by atoms with E-state index in [4.69, 9.17) is 5.26 Å². The monoisotopic (exact) mass is 544 g/mol. The van der Waals surface area contributed by atoms with Crippen LogP contribution in [0.5, 0.6) is 0 Å². The van der Waals surface area contributed by atoms with Gasteiger partial charge in [0.05, 0.1) is 40.4 Å². The van der Waals surface area contributed by atoms with Crippen molar-refractivity contribution in [2.75, 3.05) is 11.1 Å². The highest BCUT2D eigenvalue weighted by Crippen LogP contribution is 2.43. The van der Waals surface area contributed by atoms with E-state index in [1.54, 1.807) is 25.1 Å². The van der Waals surface area contributed by atoms with Crippen molar-refractivity contribution in [3.8, 4) is 6.07 Å². The Morgan fingerprint density at radius 2 is 1.89 bits per heavy atom. The quantitative estimate of drug-likeness (QED) is 0.429. The molecule has 1 aromatic heterocycles. The number of nitrogens with one attached hydrogen (secondary N) is 1. The third-order valence-electron chi connectivity index (χ3n) is 6.28. The third-order valence-corrected chi connectivity index (χ3v) is 9.01. The molecule has 0 radical (unpaired) electrons. The van der Waals surface area contributed by atoms with Gasteiger partial charge in [-0.25, -0.2) is 22.2 Å². The Balaban J connectivity index is 1.45. The Labute approximate surface area is 218 Å². The molecule has 11 heteroatoms. The minimum atomic E-state index is -3.30. The predicted molar refractivity (Wildman–Crippen MR) is 137 cm³/mol. The number of amides is 1. The summed E-state index contributed by atoms with van der Waals surface area (Å²) in [4.78, 5) is 20.3. The number of rotatable bonds is 8. The van der Waals surface area contributed by atoms with Crippen LogP contribution in [0.25, 0.3) is 0 Å². The second kappa shape index (κ2) is 10.7. The van der Waals surface area contributed by atoms with Crippen LogP contribution in [0.2, 0.25) is 0 Å². The number of benzene rings is 2. The smallest absolute Gasteiger partial charge is 0.230 e. The van der Waals surface area contributed by atoms with E-state index in [1.807, 2.05) is 18.7 Å². The van der Waals surface area contributed by atoms with E-state index in [1.165, 1.54) is 23.5 Å². The molecule has 194 valence electrons. The van der Waals surface area contributed by atoms with Crippen molar-refractivity contribution in [1.82, 2.24) is 9.88 Å². The number of nitriles is 1. The lowest BCUT2D eigenvalue weighted by Crippen LogP contribution is -2.27. The van der Waals surface area contributed by atoms with Crippen molar-refractivity contribution in [3.63, 3.8) is 0 Å².